The number of para-hydroxylation sites is 1. The summed E-state index contributed by atoms with van der Waals surface area (Å²) in [7, 11) is 0. The molecule has 0 spiro atoms. The first-order chi connectivity index (χ1) is 12.7. The Morgan fingerprint density at radius 2 is 2.19 bits per heavy atom. The van der Waals surface area contributed by atoms with Crippen LogP contribution in [0.2, 0.25) is 0 Å². The van der Waals surface area contributed by atoms with E-state index in [0.29, 0.717) is 23.4 Å². The highest BCUT2D eigenvalue weighted by Crippen LogP contribution is 2.21. The van der Waals surface area contributed by atoms with Crippen LogP contribution in [0.25, 0.3) is 0 Å². The van der Waals surface area contributed by atoms with Crippen molar-refractivity contribution in [1.82, 2.24) is 19.7 Å². The molecule has 9 heteroatoms. The van der Waals surface area contributed by atoms with Crippen LogP contribution in [0.3, 0.4) is 0 Å². The van der Waals surface area contributed by atoms with E-state index in [4.69, 9.17) is 4.74 Å². The van der Waals surface area contributed by atoms with Gasteiger partial charge in [-0.25, -0.2) is 4.98 Å². The monoisotopic (exact) mass is 389 g/mol. The zero-order valence-electron chi connectivity index (χ0n) is 14.5. The third-order valence-electron chi connectivity index (χ3n) is 3.57. The molecule has 0 bridgehead atoms. The van der Waals surface area contributed by atoms with E-state index < -0.39 is 0 Å². The number of hydrogen-bond acceptors (Lipinski definition) is 7. The number of rotatable bonds is 8. The Balaban J connectivity index is 1.59. The lowest BCUT2D eigenvalue weighted by Crippen LogP contribution is -2.14. The molecule has 0 aliphatic heterocycles. The number of aryl methyl sites for hydroxylation is 1. The minimum absolute atomic E-state index is 0.117. The molecule has 7 nitrogen and oxygen atoms in total. The third kappa shape index (κ3) is 4.61. The van der Waals surface area contributed by atoms with Gasteiger partial charge in [0.25, 0.3) is 0 Å². The number of nitrogens with zero attached hydrogens (tertiary/aromatic N) is 4. The van der Waals surface area contributed by atoms with E-state index in [1.807, 2.05) is 48.1 Å². The summed E-state index contributed by atoms with van der Waals surface area (Å²) >= 11 is 2.73. The van der Waals surface area contributed by atoms with E-state index in [9.17, 15) is 4.79 Å². The molecule has 1 amide bonds. The van der Waals surface area contributed by atoms with Crippen LogP contribution in [0.4, 0.5) is 5.13 Å². The van der Waals surface area contributed by atoms with E-state index in [2.05, 4.69) is 20.5 Å². The summed E-state index contributed by atoms with van der Waals surface area (Å²) in [6.07, 6.45) is 1.65. The number of nitrogens with one attached hydrogen (secondary N) is 1. The average molecular weight is 390 g/mol. The number of aromatic nitrogens is 4. The fraction of sp³-hybridized carbons (Fsp3) is 0.294. The normalized spacial score (nSPS) is 10.7. The average Bonchev–Trinajstić information content (AvgIpc) is 3.28. The number of amides is 1. The van der Waals surface area contributed by atoms with Crippen molar-refractivity contribution < 1.29 is 9.53 Å². The molecule has 0 unspecified atom stereocenters. The van der Waals surface area contributed by atoms with Crippen LogP contribution in [0.15, 0.2) is 41.0 Å². The van der Waals surface area contributed by atoms with Gasteiger partial charge in [-0.2, -0.15) is 0 Å². The van der Waals surface area contributed by atoms with E-state index in [0.717, 1.165) is 17.1 Å². The summed E-state index contributed by atoms with van der Waals surface area (Å²) in [5.74, 6) is 1.69. The molecule has 2 aromatic heterocycles. The Kier molecular flexibility index (Phi) is 6.24. The van der Waals surface area contributed by atoms with Crippen molar-refractivity contribution >= 4 is 34.1 Å². The molecular weight excluding hydrogens is 370 g/mol. The van der Waals surface area contributed by atoms with Gasteiger partial charge in [0.05, 0.1) is 5.75 Å². The molecule has 0 fully saturated rings. The molecule has 1 aromatic carbocycles. The number of ether oxygens (including phenoxy) is 1. The van der Waals surface area contributed by atoms with Gasteiger partial charge in [-0.05, 0) is 25.5 Å². The van der Waals surface area contributed by atoms with E-state index in [1.165, 1.54) is 23.1 Å². The molecule has 3 aromatic rings. The quantitative estimate of drug-likeness (QED) is 0.595. The molecule has 0 aliphatic rings. The fourth-order valence-corrected chi connectivity index (χ4v) is 3.65. The molecule has 0 aliphatic carbocycles. The van der Waals surface area contributed by atoms with Gasteiger partial charge in [-0.1, -0.05) is 30.0 Å². The Hall–Kier alpha value is -2.39. The van der Waals surface area contributed by atoms with Gasteiger partial charge in [0.15, 0.2) is 16.1 Å². The summed E-state index contributed by atoms with van der Waals surface area (Å²) in [6, 6.07) is 7.85. The van der Waals surface area contributed by atoms with Crippen LogP contribution in [-0.2, 0) is 17.9 Å². The smallest absolute Gasteiger partial charge is 0.236 e. The molecule has 26 heavy (non-hydrogen) atoms. The Morgan fingerprint density at radius 1 is 1.35 bits per heavy atom. The Morgan fingerprint density at radius 3 is 2.92 bits per heavy atom. The second-order valence-electron chi connectivity index (χ2n) is 5.37. The summed E-state index contributed by atoms with van der Waals surface area (Å²) < 4.78 is 7.81. The van der Waals surface area contributed by atoms with Crippen LogP contribution >= 0.6 is 23.1 Å². The van der Waals surface area contributed by atoms with E-state index in [1.54, 1.807) is 6.20 Å². The number of thioether (sulfide) groups is 1. The van der Waals surface area contributed by atoms with Gasteiger partial charge in [0.2, 0.25) is 5.91 Å². The van der Waals surface area contributed by atoms with Gasteiger partial charge in [-0.3, -0.25) is 4.79 Å². The van der Waals surface area contributed by atoms with Gasteiger partial charge in [-0.15, -0.1) is 21.5 Å². The van der Waals surface area contributed by atoms with Crippen molar-refractivity contribution in [3.63, 3.8) is 0 Å². The third-order valence-corrected chi connectivity index (χ3v) is 5.23. The number of benzene rings is 1. The highest BCUT2D eigenvalue weighted by atomic mass is 32.2. The van der Waals surface area contributed by atoms with Crippen LogP contribution < -0.4 is 10.1 Å². The Labute approximate surface area is 159 Å². The SMILES string of the molecule is CCn1c(COc2ccccc2C)nnc1SCC(=O)Nc1nccs1. The second-order valence-corrected chi connectivity index (χ2v) is 7.21. The maximum Gasteiger partial charge on any atom is 0.236 e. The van der Waals surface area contributed by atoms with Crippen molar-refractivity contribution in [3.8, 4) is 5.75 Å². The van der Waals surface area contributed by atoms with Crippen molar-refractivity contribution in [3.05, 3.63) is 47.2 Å². The van der Waals surface area contributed by atoms with Gasteiger partial charge < -0.3 is 14.6 Å². The molecule has 3 rings (SSSR count). The summed E-state index contributed by atoms with van der Waals surface area (Å²) in [5, 5.41) is 14.3. The highest BCUT2D eigenvalue weighted by molar-refractivity contribution is 7.99. The molecule has 0 saturated heterocycles. The fourth-order valence-electron chi connectivity index (χ4n) is 2.28. The zero-order valence-corrected chi connectivity index (χ0v) is 16.1. The molecule has 2 heterocycles. The maximum absolute atomic E-state index is 12.0. The minimum atomic E-state index is -0.117. The maximum atomic E-state index is 12.0. The first-order valence-electron chi connectivity index (χ1n) is 8.10. The summed E-state index contributed by atoms with van der Waals surface area (Å²) in [6.45, 7) is 5.05. The standard InChI is InChI=1S/C17H19N5O2S2/c1-3-22-14(10-24-13-7-5-4-6-12(13)2)20-21-17(22)26-11-15(23)19-16-18-8-9-25-16/h4-9H,3,10-11H2,1-2H3,(H,18,19,23). The molecular formula is C17H19N5O2S2. The van der Waals surface area contributed by atoms with Crippen molar-refractivity contribution in [2.75, 3.05) is 11.1 Å². The lowest BCUT2D eigenvalue weighted by atomic mass is 10.2. The summed E-state index contributed by atoms with van der Waals surface area (Å²) in [5.41, 5.74) is 1.07. The number of anilines is 1. The number of carbonyl (C=O) groups is 1. The highest BCUT2D eigenvalue weighted by Gasteiger charge is 2.14. The van der Waals surface area contributed by atoms with Crippen molar-refractivity contribution in [2.45, 2.75) is 32.2 Å². The number of carbonyl (C=O) groups excluding carboxylic acids is 1. The van der Waals surface area contributed by atoms with Crippen LogP contribution in [0, 0.1) is 6.92 Å². The van der Waals surface area contributed by atoms with Crippen molar-refractivity contribution in [2.24, 2.45) is 0 Å². The minimum Gasteiger partial charge on any atom is -0.485 e. The van der Waals surface area contributed by atoms with Gasteiger partial charge >= 0.3 is 0 Å². The predicted octanol–water partition coefficient (Wildman–Crippen LogP) is 3.37. The second kappa shape index (κ2) is 8.81. The van der Waals surface area contributed by atoms with E-state index >= 15 is 0 Å². The molecule has 136 valence electrons. The summed E-state index contributed by atoms with van der Waals surface area (Å²) in [4.78, 5) is 16.0. The van der Waals surface area contributed by atoms with Crippen molar-refractivity contribution in [1.29, 1.82) is 0 Å². The van der Waals surface area contributed by atoms with Crippen LogP contribution in [-0.4, -0.2) is 31.4 Å². The molecule has 0 atom stereocenters. The largest absolute Gasteiger partial charge is 0.485 e. The van der Waals surface area contributed by atoms with Crippen LogP contribution in [0.1, 0.15) is 18.3 Å². The first-order valence-corrected chi connectivity index (χ1v) is 9.96. The Bertz CT molecular complexity index is 864. The molecule has 0 saturated carbocycles. The van der Waals surface area contributed by atoms with E-state index in [-0.39, 0.29) is 11.7 Å². The number of thiazole rings is 1. The topological polar surface area (TPSA) is 81.9 Å². The lowest BCUT2D eigenvalue weighted by Gasteiger charge is -2.10. The predicted molar refractivity (Wildman–Crippen MR) is 103 cm³/mol. The van der Waals surface area contributed by atoms with Gasteiger partial charge in [0, 0.05) is 18.1 Å². The first kappa shape index (κ1) is 18.4. The number of hydrogen-bond donors (Lipinski definition) is 1. The molecule has 1 N–H and O–H groups in total. The van der Waals surface area contributed by atoms with Crippen LogP contribution in [0.5, 0.6) is 5.75 Å². The lowest BCUT2D eigenvalue weighted by molar-refractivity contribution is -0.113. The zero-order chi connectivity index (χ0) is 18.4. The molecule has 0 radical (unpaired) electrons. The van der Waals surface area contributed by atoms with Gasteiger partial charge in [0.1, 0.15) is 12.4 Å².